The van der Waals surface area contributed by atoms with Crippen molar-refractivity contribution in [3.05, 3.63) is 64.2 Å². The fraction of sp³-hybridized carbons (Fsp3) is 0.118. The summed E-state index contributed by atoms with van der Waals surface area (Å²) in [6, 6.07) is 9.78. The quantitative estimate of drug-likeness (QED) is 0.458. The zero-order valence-corrected chi connectivity index (χ0v) is 13.5. The molecule has 0 spiro atoms. The molecule has 0 aliphatic rings. The maximum atomic E-state index is 12.5. The van der Waals surface area contributed by atoms with Crippen LogP contribution < -0.4 is 14.8 Å². The summed E-state index contributed by atoms with van der Waals surface area (Å²) < 4.78 is 34.3. The van der Waals surface area contributed by atoms with E-state index in [4.69, 9.17) is 4.74 Å². The van der Waals surface area contributed by atoms with Gasteiger partial charge in [-0.15, -0.1) is 0 Å². The number of carbonyl (C=O) groups is 1. The van der Waals surface area contributed by atoms with Crippen LogP contribution in [0.5, 0.6) is 11.5 Å². The SMILES string of the molecule is COc1ccccc1NC(=O)/C=C/c1cc([N+](=O)[O-])ccc1OC(F)F. The Morgan fingerprint density at radius 2 is 1.96 bits per heavy atom. The number of hydrogen-bond donors (Lipinski definition) is 1. The summed E-state index contributed by atoms with van der Waals surface area (Å²) in [4.78, 5) is 22.2. The Bertz CT molecular complexity index is 840. The van der Waals surface area contributed by atoms with E-state index in [1.807, 2.05) is 0 Å². The van der Waals surface area contributed by atoms with E-state index in [9.17, 15) is 23.7 Å². The van der Waals surface area contributed by atoms with Crippen LogP contribution in [0.2, 0.25) is 0 Å². The largest absolute Gasteiger partial charge is 0.495 e. The monoisotopic (exact) mass is 364 g/mol. The predicted molar refractivity (Wildman–Crippen MR) is 90.4 cm³/mol. The van der Waals surface area contributed by atoms with Crippen LogP contribution in [0.25, 0.3) is 6.08 Å². The topological polar surface area (TPSA) is 90.7 Å². The van der Waals surface area contributed by atoms with Crippen LogP contribution in [0.15, 0.2) is 48.5 Å². The third-order valence-corrected chi connectivity index (χ3v) is 3.20. The lowest BCUT2D eigenvalue weighted by Gasteiger charge is -2.09. The lowest BCUT2D eigenvalue weighted by Crippen LogP contribution is -2.09. The minimum atomic E-state index is -3.11. The van der Waals surface area contributed by atoms with Gasteiger partial charge >= 0.3 is 6.61 Å². The highest BCUT2D eigenvalue weighted by Gasteiger charge is 2.14. The number of benzene rings is 2. The number of hydrogen-bond acceptors (Lipinski definition) is 5. The number of amides is 1. The number of anilines is 1. The second-order valence-corrected chi connectivity index (χ2v) is 4.88. The fourth-order valence-corrected chi connectivity index (χ4v) is 2.07. The Hall–Kier alpha value is -3.49. The smallest absolute Gasteiger partial charge is 0.387 e. The average molecular weight is 364 g/mol. The molecule has 0 heterocycles. The van der Waals surface area contributed by atoms with Crippen LogP contribution >= 0.6 is 0 Å². The molecule has 2 aromatic carbocycles. The Kier molecular flexibility index (Phi) is 6.20. The second kappa shape index (κ2) is 8.56. The summed E-state index contributed by atoms with van der Waals surface area (Å²) in [7, 11) is 1.44. The molecule has 0 unspecified atom stereocenters. The normalized spacial score (nSPS) is 10.8. The number of methoxy groups -OCH3 is 1. The summed E-state index contributed by atoms with van der Waals surface area (Å²) in [5.41, 5.74) is 0.0545. The molecule has 0 aliphatic heterocycles. The number of halogens is 2. The van der Waals surface area contributed by atoms with Crippen molar-refractivity contribution in [2.24, 2.45) is 0 Å². The van der Waals surface area contributed by atoms with Gasteiger partial charge in [-0.25, -0.2) is 0 Å². The molecule has 7 nitrogen and oxygen atoms in total. The van der Waals surface area contributed by atoms with Crippen molar-refractivity contribution in [3.8, 4) is 11.5 Å². The maximum absolute atomic E-state index is 12.5. The van der Waals surface area contributed by atoms with Crippen molar-refractivity contribution in [3.63, 3.8) is 0 Å². The number of alkyl halides is 2. The minimum Gasteiger partial charge on any atom is -0.495 e. The van der Waals surface area contributed by atoms with Crippen molar-refractivity contribution < 1.29 is 28.0 Å². The Balaban J connectivity index is 2.23. The fourth-order valence-electron chi connectivity index (χ4n) is 2.07. The van der Waals surface area contributed by atoms with E-state index >= 15 is 0 Å². The molecule has 9 heteroatoms. The van der Waals surface area contributed by atoms with Gasteiger partial charge in [-0.3, -0.25) is 14.9 Å². The molecule has 0 aromatic heterocycles. The molecule has 1 amide bonds. The van der Waals surface area contributed by atoms with E-state index in [-0.39, 0.29) is 17.0 Å². The number of ether oxygens (including phenoxy) is 2. The van der Waals surface area contributed by atoms with Crippen LogP contribution in [0.1, 0.15) is 5.56 Å². The molecule has 2 rings (SSSR count). The third kappa shape index (κ3) is 5.00. The molecule has 0 atom stereocenters. The van der Waals surface area contributed by atoms with E-state index in [2.05, 4.69) is 10.1 Å². The highest BCUT2D eigenvalue weighted by atomic mass is 19.3. The number of nitro benzene ring substituents is 1. The molecule has 0 bridgehead atoms. The van der Waals surface area contributed by atoms with Crippen LogP contribution in [-0.4, -0.2) is 24.6 Å². The van der Waals surface area contributed by atoms with E-state index in [1.165, 1.54) is 7.11 Å². The number of carbonyl (C=O) groups excluding carboxylic acids is 1. The first-order chi connectivity index (χ1) is 12.4. The molecular formula is C17H14F2N2O5. The van der Waals surface area contributed by atoms with Gasteiger partial charge in [0.2, 0.25) is 5.91 Å². The molecule has 0 aliphatic carbocycles. The maximum Gasteiger partial charge on any atom is 0.387 e. The summed E-state index contributed by atoms with van der Waals surface area (Å²) in [6.07, 6.45) is 2.19. The van der Waals surface area contributed by atoms with Gasteiger partial charge in [0.05, 0.1) is 17.7 Å². The molecule has 0 saturated carbocycles. The molecule has 0 radical (unpaired) electrons. The van der Waals surface area contributed by atoms with Crippen LogP contribution in [0.4, 0.5) is 20.2 Å². The van der Waals surface area contributed by atoms with Crippen molar-refractivity contribution in [2.75, 3.05) is 12.4 Å². The van der Waals surface area contributed by atoms with Gasteiger partial charge in [-0.1, -0.05) is 12.1 Å². The molecule has 136 valence electrons. The molecular weight excluding hydrogens is 350 g/mol. The molecule has 0 saturated heterocycles. The molecule has 26 heavy (non-hydrogen) atoms. The number of non-ortho nitro benzene ring substituents is 1. The number of nitro groups is 1. The first kappa shape index (κ1) is 18.8. The van der Waals surface area contributed by atoms with E-state index < -0.39 is 17.4 Å². The van der Waals surface area contributed by atoms with Crippen LogP contribution in [-0.2, 0) is 4.79 Å². The number of para-hydroxylation sites is 2. The van der Waals surface area contributed by atoms with Gasteiger partial charge < -0.3 is 14.8 Å². The number of rotatable bonds is 7. The first-order valence-corrected chi connectivity index (χ1v) is 7.26. The zero-order chi connectivity index (χ0) is 19.1. The standard InChI is InChI=1S/C17H14F2N2O5/c1-25-15-5-3-2-4-13(15)20-16(22)9-6-11-10-12(21(23)24)7-8-14(11)26-17(18)19/h2-10,17H,1H3,(H,20,22)/b9-6+. The third-order valence-electron chi connectivity index (χ3n) is 3.20. The van der Waals surface area contributed by atoms with Crippen molar-refractivity contribution >= 4 is 23.4 Å². The van der Waals surface area contributed by atoms with E-state index in [1.54, 1.807) is 24.3 Å². The van der Waals surface area contributed by atoms with E-state index in [0.717, 1.165) is 30.4 Å². The first-order valence-electron chi connectivity index (χ1n) is 7.26. The van der Waals surface area contributed by atoms with E-state index in [0.29, 0.717) is 11.4 Å². The Morgan fingerprint density at radius 3 is 2.62 bits per heavy atom. The highest BCUT2D eigenvalue weighted by Crippen LogP contribution is 2.27. The van der Waals surface area contributed by atoms with Crippen LogP contribution in [0, 0.1) is 10.1 Å². The lowest BCUT2D eigenvalue weighted by molar-refractivity contribution is -0.384. The summed E-state index contributed by atoms with van der Waals surface area (Å²) in [5.74, 6) is -0.428. The summed E-state index contributed by atoms with van der Waals surface area (Å²) >= 11 is 0. The Morgan fingerprint density at radius 1 is 1.23 bits per heavy atom. The van der Waals surface area contributed by atoms with Gasteiger partial charge in [-0.2, -0.15) is 8.78 Å². The predicted octanol–water partition coefficient (Wildman–Crippen LogP) is 3.86. The second-order valence-electron chi connectivity index (χ2n) is 4.88. The van der Waals surface area contributed by atoms with Gasteiger partial charge in [0.1, 0.15) is 11.5 Å². The summed E-state index contributed by atoms with van der Waals surface area (Å²) in [5, 5.41) is 13.4. The molecule has 2 aromatic rings. The lowest BCUT2D eigenvalue weighted by atomic mass is 10.1. The Labute approximate surface area is 147 Å². The molecule has 1 N–H and O–H groups in total. The minimum absolute atomic E-state index is 0.0327. The number of nitrogens with zero attached hydrogens (tertiary/aromatic N) is 1. The van der Waals surface area contributed by atoms with Crippen molar-refractivity contribution in [2.45, 2.75) is 6.61 Å². The number of nitrogens with one attached hydrogen (secondary N) is 1. The van der Waals surface area contributed by atoms with Crippen molar-refractivity contribution in [1.29, 1.82) is 0 Å². The van der Waals surface area contributed by atoms with Crippen LogP contribution in [0.3, 0.4) is 0 Å². The van der Waals surface area contributed by atoms with Gasteiger partial charge in [0, 0.05) is 23.8 Å². The van der Waals surface area contributed by atoms with Gasteiger partial charge in [0.15, 0.2) is 0 Å². The zero-order valence-electron chi connectivity index (χ0n) is 13.5. The van der Waals surface area contributed by atoms with Gasteiger partial charge in [-0.05, 0) is 24.3 Å². The summed E-state index contributed by atoms with van der Waals surface area (Å²) in [6.45, 7) is -3.11. The van der Waals surface area contributed by atoms with Crippen molar-refractivity contribution in [1.82, 2.24) is 0 Å². The highest BCUT2D eigenvalue weighted by molar-refractivity contribution is 6.03. The average Bonchev–Trinajstić information content (AvgIpc) is 2.60. The molecule has 0 fully saturated rings. The van der Waals surface area contributed by atoms with Gasteiger partial charge in [0.25, 0.3) is 5.69 Å².